The van der Waals surface area contributed by atoms with Gasteiger partial charge in [-0.25, -0.2) is 14.3 Å². The third kappa shape index (κ3) is 2.97. The zero-order chi connectivity index (χ0) is 19.1. The van der Waals surface area contributed by atoms with Crippen molar-refractivity contribution in [1.82, 2.24) is 14.1 Å². The molecule has 0 spiro atoms. The van der Waals surface area contributed by atoms with E-state index in [1.54, 1.807) is 11.6 Å². The topological polar surface area (TPSA) is 66.9 Å². The van der Waals surface area contributed by atoms with E-state index in [4.69, 9.17) is 0 Å². The maximum absolute atomic E-state index is 13.1. The van der Waals surface area contributed by atoms with Crippen molar-refractivity contribution in [3.8, 4) is 0 Å². The lowest BCUT2D eigenvalue weighted by Gasteiger charge is -2.22. The Hall–Kier alpha value is -2.83. The number of fused-ring (bicyclic) bond motifs is 3. The Labute approximate surface area is 157 Å². The van der Waals surface area contributed by atoms with E-state index in [-0.39, 0.29) is 17.2 Å². The fraction of sp³-hybridized carbons (Fsp3) is 0.450. The van der Waals surface area contributed by atoms with Crippen molar-refractivity contribution >= 4 is 17.1 Å². The van der Waals surface area contributed by atoms with Crippen molar-refractivity contribution in [2.45, 2.75) is 39.9 Å². The molecule has 1 aliphatic rings. The van der Waals surface area contributed by atoms with Crippen LogP contribution in [0.4, 0.5) is 5.95 Å². The second-order valence-corrected chi connectivity index (χ2v) is 7.71. The molecular formula is C20H26N5O2+. The Morgan fingerprint density at radius 2 is 1.93 bits per heavy atom. The predicted molar refractivity (Wildman–Crippen MR) is 105 cm³/mol. The summed E-state index contributed by atoms with van der Waals surface area (Å²) in [6, 6.07) is 10.3. The van der Waals surface area contributed by atoms with Crippen molar-refractivity contribution in [2.75, 3.05) is 11.4 Å². The molecule has 7 nitrogen and oxygen atoms in total. The van der Waals surface area contributed by atoms with Crippen LogP contribution >= 0.6 is 0 Å². The molecule has 1 N–H and O–H groups in total. The lowest BCUT2D eigenvalue weighted by molar-refractivity contribution is -0.663. The quantitative estimate of drug-likeness (QED) is 0.708. The highest BCUT2D eigenvalue weighted by Gasteiger charge is 2.32. The summed E-state index contributed by atoms with van der Waals surface area (Å²) in [6.45, 7) is 6.90. The first-order valence-corrected chi connectivity index (χ1v) is 9.51. The average Bonchev–Trinajstić information content (AvgIpc) is 3.05. The van der Waals surface area contributed by atoms with Crippen LogP contribution in [-0.2, 0) is 26.7 Å². The molecule has 4 rings (SSSR count). The fourth-order valence-corrected chi connectivity index (χ4v) is 3.89. The van der Waals surface area contributed by atoms with Gasteiger partial charge in [0.1, 0.15) is 0 Å². The van der Waals surface area contributed by atoms with Crippen molar-refractivity contribution < 1.29 is 4.57 Å². The molecule has 142 valence electrons. The van der Waals surface area contributed by atoms with E-state index in [1.165, 1.54) is 10.1 Å². The molecule has 1 aromatic carbocycles. The number of hydrogen-bond donors (Lipinski definition) is 1. The third-order valence-corrected chi connectivity index (χ3v) is 5.15. The minimum atomic E-state index is -0.269. The molecular weight excluding hydrogens is 342 g/mol. The Kier molecular flexibility index (Phi) is 4.37. The number of rotatable bonds is 4. The summed E-state index contributed by atoms with van der Waals surface area (Å²) in [4.78, 5) is 31.4. The summed E-state index contributed by atoms with van der Waals surface area (Å²) in [5.41, 5.74) is 1.93. The van der Waals surface area contributed by atoms with Gasteiger partial charge in [-0.1, -0.05) is 44.2 Å². The van der Waals surface area contributed by atoms with Gasteiger partial charge in [0, 0.05) is 20.0 Å². The van der Waals surface area contributed by atoms with Gasteiger partial charge in [-0.3, -0.25) is 18.8 Å². The predicted octanol–water partition coefficient (Wildman–Crippen LogP) is 1.38. The number of benzene rings is 1. The van der Waals surface area contributed by atoms with Gasteiger partial charge in [-0.15, -0.1) is 0 Å². The first-order chi connectivity index (χ1) is 13.0. The Morgan fingerprint density at radius 1 is 1.19 bits per heavy atom. The summed E-state index contributed by atoms with van der Waals surface area (Å²) in [7, 11) is 1.73. The summed E-state index contributed by atoms with van der Waals surface area (Å²) >= 11 is 0. The Morgan fingerprint density at radius 3 is 2.63 bits per heavy atom. The molecule has 1 aliphatic heterocycles. The molecule has 7 heteroatoms. The highest BCUT2D eigenvalue weighted by molar-refractivity contribution is 5.68. The minimum absolute atomic E-state index is 0.203. The summed E-state index contributed by atoms with van der Waals surface area (Å²) < 4.78 is 4.97. The molecule has 0 saturated heterocycles. The number of nitrogens with one attached hydrogen (secondary N) is 1. The number of imidazole rings is 1. The lowest BCUT2D eigenvalue weighted by atomic mass is 10.2. The monoisotopic (exact) mass is 368 g/mol. The largest absolute Gasteiger partial charge is 0.359 e. The normalized spacial score (nSPS) is 14.1. The van der Waals surface area contributed by atoms with Crippen molar-refractivity contribution in [1.29, 1.82) is 0 Å². The van der Waals surface area contributed by atoms with Gasteiger partial charge in [0.2, 0.25) is 11.2 Å². The van der Waals surface area contributed by atoms with Crippen molar-refractivity contribution in [3.63, 3.8) is 0 Å². The van der Waals surface area contributed by atoms with Crippen molar-refractivity contribution in [3.05, 3.63) is 56.7 Å². The molecule has 0 saturated carbocycles. The minimum Gasteiger partial charge on any atom is -0.267 e. The van der Waals surface area contributed by atoms with E-state index in [9.17, 15) is 9.59 Å². The van der Waals surface area contributed by atoms with Crippen LogP contribution < -0.4 is 20.7 Å². The number of aryl methyl sites for hydroxylation is 2. The number of aromatic amines is 1. The molecule has 0 atom stereocenters. The van der Waals surface area contributed by atoms with Crippen LogP contribution in [0.2, 0.25) is 0 Å². The van der Waals surface area contributed by atoms with E-state index in [1.807, 2.05) is 36.6 Å². The molecule has 0 fully saturated rings. The van der Waals surface area contributed by atoms with E-state index < -0.39 is 0 Å². The van der Waals surface area contributed by atoms with Crippen LogP contribution in [0.1, 0.15) is 25.8 Å². The molecule has 0 unspecified atom stereocenters. The van der Waals surface area contributed by atoms with Crippen LogP contribution in [0.3, 0.4) is 0 Å². The van der Waals surface area contributed by atoms with Gasteiger partial charge < -0.3 is 0 Å². The van der Waals surface area contributed by atoms with Crippen LogP contribution in [0.15, 0.2) is 39.9 Å². The second-order valence-electron chi connectivity index (χ2n) is 7.71. The summed E-state index contributed by atoms with van der Waals surface area (Å²) in [6.07, 6.45) is 0.962. The highest BCUT2D eigenvalue weighted by Crippen LogP contribution is 2.19. The van der Waals surface area contributed by atoms with E-state index in [2.05, 4.69) is 22.0 Å². The molecule has 0 bridgehead atoms. The number of H-pyrrole nitrogens is 1. The fourth-order valence-electron chi connectivity index (χ4n) is 3.89. The zero-order valence-corrected chi connectivity index (χ0v) is 16.1. The van der Waals surface area contributed by atoms with Crippen LogP contribution in [-0.4, -0.2) is 20.7 Å². The SMILES string of the molecule is CC(C)Cn1c(=O)c2c([nH]c3[n+]2CCCN3Cc2ccccc2)n(C)c1=O. The van der Waals surface area contributed by atoms with Gasteiger partial charge >= 0.3 is 11.6 Å². The second kappa shape index (κ2) is 6.72. The van der Waals surface area contributed by atoms with Crippen LogP contribution in [0.5, 0.6) is 0 Å². The molecule has 3 aromatic rings. The van der Waals surface area contributed by atoms with Gasteiger partial charge in [0.25, 0.3) is 5.56 Å². The van der Waals surface area contributed by atoms with Crippen molar-refractivity contribution in [2.24, 2.45) is 13.0 Å². The Bertz CT molecular complexity index is 1090. The molecule has 0 amide bonds. The lowest BCUT2D eigenvalue weighted by Crippen LogP contribution is -2.50. The highest BCUT2D eigenvalue weighted by atomic mass is 16.2. The first kappa shape index (κ1) is 17.6. The first-order valence-electron chi connectivity index (χ1n) is 9.51. The number of aromatic nitrogens is 4. The van der Waals surface area contributed by atoms with Crippen LogP contribution in [0, 0.1) is 5.92 Å². The molecule has 3 heterocycles. The van der Waals surface area contributed by atoms with Gasteiger partial charge in [0.05, 0.1) is 19.6 Å². The van der Waals surface area contributed by atoms with E-state index >= 15 is 0 Å². The maximum Gasteiger partial charge on any atom is 0.359 e. The van der Waals surface area contributed by atoms with E-state index in [0.717, 1.165) is 32.0 Å². The van der Waals surface area contributed by atoms with Crippen LogP contribution in [0.25, 0.3) is 11.2 Å². The zero-order valence-electron chi connectivity index (χ0n) is 16.1. The van der Waals surface area contributed by atoms with Gasteiger partial charge in [-0.2, -0.15) is 0 Å². The average molecular weight is 368 g/mol. The smallest absolute Gasteiger partial charge is 0.267 e. The summed E-state index contributed by atoms with van der Waals surface area (Å²) in [5.74, 6) is 1.12. The Balaban J connectivity index is 1.88. The maximum atomic E-state index is 13.1. The molecule has 27 heavy (non-hydrogen) atoms. The molecule has 0 radical (unpaired) electrons. The van der Waals surface area contributed by atoms with E-state index in [0.29, 0.717) is 17.7 Å². The van der Waals surface area contributed by atoms with Gasteiger partial charge in [-0.05, 0) is 11.5 Å². The third-order valence-electron chi connectivity index (χ3n) is 5.15. The summed E-state index contributed by atoms with van der Waals surface area (Å²) in [5, 5.41) is 0. The molecule has 2 aromatic heterocycles. The molecule has 0 aliphatic carbocycles. The number of hydrogen-bond acceptors (Lipinski definition) is 3. The standard InChI is InChI=1S/C20H25N5O2/c1-14(2)12-25-18(26)16-17(22(3)20(25)27)21-19-23(10-7-11-24(16)19)13-15-8-5-4-6-9-15/h4-6,8-9,14H,7,10-13H2,1-3H3/p+1. The number of nitrogens with zero attached hydrogens (tertiary/aromatic N) is 4. The van der Waals surface area contributed by atoms with Gasteiger partial charge in [0.15, 0.2) is 0 Å². The number of anilines is 1.